The van der Waals surface area contributed by atoms with Crippen LogP contribution in [0.2, 0.25) is 0 Å². The van der Waals surface area contributed by atoms with E-state index in [9.17, 15) is 18.4 Å². The fraction of sp³-hybridized carbons (Fsp3) is 0.909. The van der Waals surface area contributed by atoms with E-state index < -0.39 is 12.3 Å². The molecule has 2 saturated heterocycles. The van der Waals surface area contributed by atoms with Crippen molar-refractivity contribution in [3.05, 3.63) is 0 Å². The lowest BCUT2D eigenvalue weighted by atomic mass is 9.77. The fourth-order valence-electron chi connectivity index (χ4n) is 6.09. The maximum atomic E-state index is 14.7. The van der Waals surface area contributed by atoms with Gasteiger partial charge < -0.3 is 15.5 Å². The lowest BCUT2D eigenvalue weighted by Gasteiger charge is -2.43. The van der Waals surface area contributed by atoms with E-state index in [1.807, 2.05) is 0 Å². The molecule has 2 saturated carbocycles. The molecule has 6 nitrogen and oxygen atoms in total. The summed E-state index contributed by atoms with van der Waals surface area (Å²) in [5.74, 6) is 0.317. The molecular weight excluding hydrogens is 390 g/mol. The molecule has 2 aliphatic carbocycles. The van der Waals surface area contributed by atoms with Gasteiger partial charge in [0.1, 0.15) is 12.3 Å². The zero-order chi connectivity index (χ0) is 21.4. The van der Waals surface area contributed by atoms with Crippen LogP contribution in [0.3, 0.4) is 0 Å². The Bertz CT molecular complexity index is 625. The van der Waals surface area contributed by atoms with Gasteiger partial charge in [-0.15, -0.1) is 0 Å². The number of amides is 2. The van der Waals surface area contributed by atoms with E-state index in [0.717, 1.165) is 6.42 Å². The molecule has 4 aliphatic rings. The molecule has 2 aliphatic heterocycles. The maximum absolute atomic E-state index is 14.7. The van der Waals surface area contributed by atoms with E-state index in [0.29, 0.717) is 64.2 Å². The minimum absolute atomic E-state index is 0.0524. The summed E-state index contributed by atoms with van der Waals surface area (Å²) in [5, 5.41) is 6.52. The standard InChI is InChI=1S/C22H36F2N4O2/c1-13-3-5-17(23)16-12-19(26-21(13)16)22(30)25-15-4-6-18(24)20(11-15)28-9-7-27(8-10-28)14(2)29/h13,15-21,26H,3-12H2,1-2H3,(H,25,30). The van der Waals surface area contributed by atoms with Gasteiger partial charge in [0.2, 0.25) is 11.8 Å². The summed E-state index contributed by atoms with van der Waals surface area (Å²) < 4.78 is 29.0. The highest BCUT2D eigenvalue weighted by Gasteiger charge is 2.47. The normalized spacial score (nSPS) is 42.6. The van der Waals surface area contributed by atoms with Crippen LogP contribution in [0.25, 0.3) is 0 Å². The second kappa shape index (κ2) is 9.07. The van der Waals surface area contributed by atoms with Crippen LogP contribution >= 0.6 is 0 Å². The van der Waals surface area contributed by atoms with Gasteiger partial charge in [0.25, 0.3) is 0 Å². The Morgan fingerprint density at radius 3 is 2.33 bits per heavy atom. The Morgan fingerprint density at radius 2 is 1.67 bits per heavy atom. The molecule has 0 aromatic rings. The van der Waals surface area contributed by atoms with Crippen molar-refractivity contribution in [2.45, 2.75) is 88.9 Å². The first-order chi connectivity index (χ1) is 14.3. The lowest BCUT2D eigenvalue weighted by molar-refractivity contribution is -0.131. The topological polar surface area (TPSA) is 64.7 Å². The summed E-state index contributed by atoms with van der Waals surface area (Å²) in [6, 6.07) is -0.535. The van der Waals surface area contributed by atoms with Crippen LogP contribution in [-0.2, 0) is 9.59 Å². The van der Waals surface area contributed by atoms with Crippen LogP contribution < -0.4 is 10.6 Å². The molecule has 4 fully saturated rings. The monoisotopic (exact) mass is 426 g/mol. The number of nitrogens with one attached hydrogen (secondary N) is 2. The van der Waals surface area contributed by atoms with Crippen molar-refractivity contribution >= 4 is 11.8 Å². The van der Waals surface area contributed by atoms with Gasteiger partial charge in [-0.2, -0.15) is 0 Å². The van der Waals surface area contributed by atoms with Crippen molar-refractivity contribution in [1.29, 1.82) is 0 Å². The van der Waals surface area contributed by atoms with Gasteiger partial charge in [0.05, 0.1) is 6.04 Å². The van der Waals surface area contributed by atoms with Gasteiger partial charge in [-0.3, -0.25) is 14.5 Å². The number of hydrogen-bond donors (Lipinski definition) is 2. The number of hydrogen-bond acceptors (Lipinski definition) is 4. The highest BCUT2D eigenvalue weighted by atomic mass is 19.1. The number of rotatable bonds is 3. The Labute approximate surface area is 178 Å². The fourth-order valence-corrected chi connectivity index (χ4v) is 6.09. The number of alkyl halides is 2. The summed E-state index contributed by atoms with van der Waals surface area (Å²) in [7, 11) is 0. The Hall–Kier alpha value is -1.28. The molecule has 30 heavy (non-hydrogen) atoms. The van der Waals surface area contributed by atoms with Gasteiger partial charge in [-0.25, -0.2) is 8.78 Å². The molecule has 2 amide bonds. The Kier molecular flexibility index (Phi) is 6.63. The van der Waals surface area contributed by atoms with E-state index >= 15 is 0 Å². The van der Waals surface area contributed by atoms with Crippen LogP contribution in [0.1, 0.15) is 52.4 Å². The van der Waals surface area contributed by atoms with Crippen LogP contribution in [0, 0.1) is 11.8 Å². The van der Waals surface area contributed by atoms with Crippen LogP contribution in [0.4, 0.5) is 8.78 Å². The van der Waals surface area contributed by atoms with E-state index in [4.69, 9.17) is 0 Å². The number of fused-ring (bicyclic) bond motifs is 1. The summed E-state index contributed by atoms with van der Waals surface area (Å²) >= 11 is 0. The largest absolute Gasteiger partial charge is 0.352 e. The molecule has 8 atom stereocenters. The number of piperazine rings is 1. The zero-order valence-corrected chi connectivity index (χ0v) is 18.2. The van der Waals surface area contributed by atoms with E-state index in [2.05, 4.69) is 22.5 Å². The average Bonchev–Trinajstić information content (AvgIpc) is 3.19. The molecule has 0 radical (unpaired) electrons. The number of halogens is 2. The van der Waals surface area contributed by atoms with Gasteiger partial charge in [-0.1, -0.05) is 6.92 Å². The Balaban J connectivity index is 1.31. The van der Waals surface area contributed by atoms with E-state index in [1.54, 1.807) is 11.8 Å². The number of carbonyl (C=O) groups is 2. The molecule has 0 bridgehead atoms. The van der Waals surface area contributed by atoms with Crippen LogP contribution in [-0.4, -0.2) is 84.3 Å². The molecule has 0 aromatic heterocycles. The summed E-state index contributed by atoms with van der Waals surface area (Å²) in [4.78, 5) is 28.4. The smallest absolute Gasteiger partial charge is 0.237 e. The van der Waals surface area contributed by atoms with Gasteiger partial charge in [-0.05, 0) is 44.4 Å². The predicted molar refractivity (Wildman–Crippen MR) is 110 cm³/mol. The Morgan fingerprint density at radius 1 is 0.967 bits per heavy atom. The third-order valence-electron chi connectivity index (χ3n) is 7.96. The van der Waals surface area contributed by atoms with E-state index in [-0.39, 0.29) is 41.9 Å². The lowest BCUT2D eigenvalue weighted by Crippen LogP contribution is -2.58. The molecule has 170 valence electrons. The number of nitrogens with zero attached hydrogens (tertiary/aromatic N) is 2. The van der Waals surface area contributed by atoms with Gasteiger partial charge in [0, 0.05) is 57.1 Å². The van der Waals surface area contributed by atoms with E-state index in [1.165, 1.54) is 0 Å². The second-order valence-corrected chi connectivity index (χ2v) is 9.86. The maximum Gasteiger partial charge on any atom is 0.237 e. The molecule has 2 heterocycles. The second-order valence-electron chi connectivity index (χ2n) is 9.86. The van der Waals surface area contributed by atoms with Crippen molar-refractivity contribution < 1.29 is 18.4 Å². The van der Waals surface area contributed by atoms with Gasteiger partial charge >= 0.3 is 0 Å². The summed E-state index contributed by atoms with van der Waals surface area (Å²) in [6.45, 7) is 6.32. The molecule has 0 spiro atoms. The summed E-state index contributed by atoms with van der Waals surface area (Å²) in [6.07, 6.45) is 1.96. The van der Waals surface area contributed by atoms with Crippen molar-refractivity contribution in [2.75, 3.05) is 26.2 Å². The molecule has 8 heteroatoms. The highest BCUT2D eigenvalue weighted by molar-refractivity contribution is 5.82. The molecule has 4 rings (SSSR count). The zero-order valence-electron chi connectivity index (χ0n) is 18.2. The summed E-state index contributed by atoms with van der Waals surface area (Å²) in [5.41, 5.74) is 0. The third kappa shape index (κ3) is 4.49. The minimum Gasteiger partial charge on any atom is -0.352 e. The molecule has 2 N–H and O–H groups in total. The SMILES string of the molecule is CC(=O)N1CCN(C2CC(NC(=O)C3CC4C(F)CCC(C)C4N3)CCC2F)CC1. The molecule has 0 aromatic carbocycles. The van der Waals surface area contributed by atoms with Gasteiger partial charge in [0.15, 0.2) is 0 Å². The quantitative estimate of drug-likeness (QED) is 0.720. The molecular formula is C22H36F2N4O2. The predicted octanol–water partition coefficient (Wildman–Crippen LogP) is 1.64. The van der Waals surface area contributed by atoms with Crippen molar-refractivity contribution in [1.82, 2.24) is 20.4 Å². The first-order valence-corrected chi connectivity index (χ1v) is 11.7. The van der Waals surface area contributed by atoms with Crippen molar-refractivity contribution in [3.8, 4) is 0 Å². The number of carbonyl (C=O) groups excluding carboxylic acids is 2. The first kappa shape index (κ1) is 21.9. The van der Waals surface area contributed by atoms with Crippen molar-refractivity contribution in [2.24, 2.45) is 11.8 Å². The first-order valence-electron chi connectivity index (χ1n) is 11.7. The van der Waals surface area contributed by atoms with Crippen LogP contribution in [0.5, 0.6) is 0 Å². The van der Waals surface area contributed by atoms with Crippen LogP contribution in [0.15, 0.2) is 0 Å². The third-order valence-corrected chi connectivity index (χ3v) is 7.96. The van der Waals surface area contributed by atoms with Crippen molar-refractivity contribution in [3.63, 3.8) is 0 Å². The highest BCUT2D eigenvalue weighted by Crippen LogP contribution is 2.38. The minimum atomic E-state index is -0.900. The average molecular weight is 427 g/mol. The molecule has 8 unspecified atom stereocenters.